The molecule has 1 amide bonds. The van der Waals surface area contributed by atoms with Crippen LogP contribution in [0.25, 0.3) is 0 Å². The second-order valence-corrected chi connectivity index (χ2v) is 16.1. The zero-order valence-corrected chi connectivity index (χ0v) is 30.3. The lowest BCUT2D eigenvalue weighted by atomic mass is 9.84. The van der Waals surface area contributed by atoms with Gasteiger partial charge >= 0.3 is 6.18 Å². The van der Waals surface area contributed by atoms with Crippen molar-refractivity contribution in [3.05, 3.63) is 64.6 Å². The summed E-state index contributed by atoms with van der Waals surface area (Å²) in [6.45, 7) is 7.28. The summed E-state index contributed by atoms with van der Waals surface area (Å²) in [5.41, 5.74) is 0.979. The van der Waals surface area contributed by atoms with Crippen LogP contribution < -0.4 is 20.3 Å². The van der Waals surface area contributed by atoms with Crippen LogP contribution >= 0.6 is 0 Å². The standard InChI is InChI=1S/C35H47F3N8O4S/c1-22-5-8-25(30(15-22)44(2)51(4,48)49)19-39-32-28(35(36,37)38)20-40-34(43-32)42-29-10-9-24(16-31(29)50-3)33(47)41-26-17-27(18-26)46-13-11-45(12-14-46)21-23-6-7-23/h5,8-9,15-16,20,23,26-27,29H,6-7,10-14,17-19,21H2,1-4H3,(H,41,47)(H2,39,40,42,43). The van der Waals surface area contributed by atoms with Crippen molar-refractivity contribution >= 4 is 33.4 Å². The highest BCUT2D eigenvalue weighted by molar-refractivity contribution is 7.92. The summed E-state index contributed by atoms with van der Waals surface area (Å²) in [5, 5.41) is 8.93. The minimum absolute atomic E-state index is 0.0778. The molecule has 3 aliphatic carbocycles. The highest BCUT2D eigenvalue weighted by Crippen LogP contribution is 2.35. The molecule has 1 aliphatic heterocycles. The van der Waals surface area contributed by atoms with Gasteiger partial charge in [0.15, 0.2) is 0 Å². The van der Waals surface area contributed by atoms with Gasteiger partial charge in [-0.05, 0) is 68.2 Å². The molecule has 1 atom stereocenters. The number of hydrogen-bond acceptors (Lipinski definition) is 10. The predicted molar refractivity (Wildman–Crippen MR) is 190 cm³/mol. The van der Waals surface area contributed by atoms with Crippen LogP contribution in [0, 0.1) is 12.8 Å². The first-order chi connectivity index (χ1) is 24.2. The fourth-order valence-electron chi connectivity index (χ4n) is 6.84. The van der Waals surface area contributed by atoms with Crippen LogP contribution in [0.3, 0.4) is 0 Å². The highest BCUT2D eigenvalue weighted by atomic mass is 32.2. The van der Waals surface area contributed by atoms with Crippen molar-refractivity contribution < 1.29 is 31.1 Å². The molecule has 0 radical (unpaired) electrons. The van der Waals surface area contributed by atoms with E-state index in [0.29, 0.717) is 41.2 Å². The number of anilines is 3. The Kier molecular flexibility index (Phi) is 10.8. The van der Waals surface area contributed by atoms with E-state index in [9.17, 15) is 26.4 Å². The zero-order valence-electron chi connectivity index (χ0n) is 29.5. The minimum atomic E-state index is -4.75. The second-order valence-electron chi connectivity index (χ2n) is 14.1. The van der Waals surface area contributed by atoms with E-state index in [1.54, 1.807) is 37.3 Å². The highest BCUT2D eigenvalue weighted by Gasteiger charge is 2.38. The first-order valence-corrected chi connectivity index (χ1v) is 19.2. The molecule has 4 aliphatic rings. The summed E-state index contributed by atoms with van der Waals surface area (Å²) < 4.78 is 73.2. The quantitative estimate of drug-likeness (QED) is 0.277. The van der Waals surface area contributed by atoms with Gasteiger partial charge in [0.1, 0.15) is 17.1 Å². The monoisotopic (exact) mass is 732 g/mol. The van der Waals surface area contributed by atoms with Crippen LogP contribution in [0.2, 0.25) is 0 Å². The summed E-state index contributed by atoms with van der Waals surface area (Å²) in [7, 11) is -0.770. The van der Waals surface area contributed by atoms with E-state index < -0.39 is 33.6 Å². The third-order valence-corrected chi connectivity index (χ3v) is 11.4. The Morgan fingerprint density at radius 3 is 2.51 bits per heavy atom. The van der Waals surface area contributed by atoms with Crippen molar-refractivity contribution in [2.45, 2.75) is 69.9 Å². The Morgan fingerprint density at radius 1 is 1.14 bits per heavy atom. The minimum Gasteiger partial charge on any atom is -0.499 e. The zero-order chi connectivity index (χ0) is 36.5. The first kappa shape index (κ1) is 36.9. The number of sulfonamides is 1. The summed E-state index contributed by atoms with van der Waals surface area (Å²) in [4.78, 5) is 26.4. The summed E-state index contributed by atoms with van der Waals surface area (Å²) in [5.74, 6) is 0.595. The molecule has 3 fully saturated rings. The number of nitrogens with one attached hydrogen (secondary N) is 3. The van der Waals surface area contributed by atoms with E-state index in [1.807, 2.05) is 0 Å². The number of piperazine rings is 1. The molecule has 2 aromatic rings. The van der Waals surface area contributed by atoms with Gasteiger partial charge in [0.25, 0.3) is 5.91 Å². The predicted octanol–water partition coefficient (Wildman–Crippen LogP) is 4.13. The number of rotatable bonds is 13. The van der Waals surface area contributed by atoms with Gasteiger partial charge in [0.2, 0.25) is 16.0 Å². The van der Waals surface area contributed by atoms with Crippen LogP contribution in [0.4, 0.5) is 30.6 Å². The molecule has 2 heterocycles. The van der Waals surface area contributed by atoms with E-state index >= 15 is 0 Å². The molecule has 12 nitrogen and oxygen atoms in total. The maximum Gasteiger partial charge on any atom is 0.421 e. The summed E-state index contributed by atoms with van der Waals surface area (Å²) in [6, 6.07) is 5.13. The maximum atomic E-state index is 14.0. The molecule has 6 rings (SSSR count). The molecule has 1 saturated heterocycles. The van der Waals surface area contributed by atoms with Crippen LogP contribution in [0.5, 0.6) is 0 Å². The molecule has 1 aromatic carbocycles. The molecule has 1 aromatic heterocycles. The van der Waals surface area contributed by atoms with Crippen molar-refractivity contribution in [2.24, 2.45) is 5.92 Å². The maximum absolute atomic E-state index is 14.0. The van der Waals surface area contributed by atoms with Crippen molar-refractivity contribution in [3.63, 3.8) is 0 Å². The van der Waals surface area contributed by atoms with E-state index in [-0.39, 0.29) is 24.4 Å². The number of amides is 1. The Balaban J connectivity index is 1.06. The average Bonchev–Trinajstić information content (AvgIpc) is 3.89. The molecule has 278 valence electrons. The average molecular weight is 733 g/mol. The van der Waals surface area contributed by atoms with Crippen LogP contribution in [0.15, 0.2) is 47.9 Å². The lowest BCUT2D eigenvalue weighted by molar-refractivity contribution is -0.137. The first-order valence-electron chi connectivity index (χ1n) is 17.4. The second kappa shape index (κ2) is 15.0. The number of nitrogens with zero attached hydrogens (tertiary/aromatic N) is 5. The third kappa shape index (κ3) is 9.13. The number of halogens is 3. The smallest absolute Gasteiger partial charge is 0.421 e. The van der Waals surface area contributed by atoms with Gasteiger partial charge in [-0.15, -0.1) is 0 Å². The lowest BCUT2D eigenvalue weighted by Gasteiger charge is -2.46. The lowest BCUT2D eigenvalue weighted by Crippen LogP contribution is -2.58. The van der Waals surface area contributed by atoms with Crippen molar-refractivity contribution in [1.82, 2.24) is 25.1 Å². The largest absolute Gasteiger partial charge is 0.499 e. The van der Waals surface area contributed by atoms with Crippen molar-refractivity contribution in [2.75, 3.05) is 68.1 Å². The van der Waals surface area contributed by atoms with Gasteiger partial charge < -0.3 is 25.6 Å². The normalized spacial score (nSPS) is 23.1. The van der Waals surface area contributed by atoms with Gasteiger partial charge in [0.05, 0.1) is 25.1 Å². The third-order valence-electron chi connectivity index (χ3n) is 10.2. The number of ether oxygens (including phenoxy) is 1. The molecule has 0 spiro atoms. The van der Waals surface area contributed by atoms with Crippen molar-refractivity contribution in [1.29, 1.82) is 0 Å². The molecule has 3 N–H and O–H groups in total. The van der Waals surface area contributed by atoms with Crippen molar-refractivity contribution in [3.8, 4) is 0 Å². The number of carbonyl (C=O) groups excluding carboxylic acids is 1. The van der Waals surface area contributed by atoms with E-state index in [0.717, 1.165) is 61.1 Å². The number of aryl methyl sites for hydroxylation is 1. The number of carbonyl (C=O) groups is 1. The van der Waals surface area contributed by atoms with Gasteiger partial charge in [-0.3, -0.25) is 14.0 Å². The number of methoxy groups -OCH3 is 1. The SMILES string of the molecule is COC1=CC(C(=O)NC2CC(N3CCN(CC4CC4)CC3)C2)=CCC1Nc1ncc(C(F)(F)F)c(NCc2ccc(C)cc2N(C)S(C)(=O)=O)n1. The molecule has 51 heavy (non-hydrogen) atoms. The van der Waals surface area contributed by atoms with E-state index in [2.05, 4.69) is 35.7 Å². The van der Waals surface area contributed by atoms with Gasteiger partial charge in [0, 0.05) is 70.2 Å². The van der Waals surface area contributed by atoms with Gasteiger partial charge in [-0.1, -0.05) is 18.2 Å². The van der Waals surface area contributed by atoms with Crippen LogP contribution in [-0.4, -0.2) is 105 Å². The molecule has 0 bridgehead atoms. The molecular formula is C35H47F3N8O4S. The van der Waals surface area contributed by atoms with Gasteiger partial charge in [-0.2, -0.15) is 18.2 Å². The van der Waals surface area contributed by atoms with E-state index in [1.165, 1.54) is 33.5 Å². The summed E-state index contributed by atoms with van der Waals surface area (Å²) in [6.07, 6.45) is 5.31. The van der Waals surface area contributed by atoms with Crippen LogP contribution in [-0.2, 0) is 32.3 Å². The Bertz CT molecular complexity index is 1770. The topological polar surface area (TPSA) is 132 Å². The summed E-state index contributed by atoms with van der Waals surface area (Å²) >= 11 is 0. The molecule has 1 unspecified atom stereocenters. The fraction of sp³-hybridized carbons (Fsp3) is 0.571. The Hall–Kier alpha value is -3.89. The fourth-order valence-corrected chi connectivity index (χ4v) is 7.36. The van der Waals surface area contributed by atoms with Crippen LogP contribution in [0.1, 0.15) is 48.8 Å². The Labute approximate surface area is 297 Å². The number of aromatic nitrogens is 2. The molecular weight excluding hydrogens is 685 g/mol. The molecule has 16 heteroatoms. The number of hydrogen-bond donors (Lipinski definition) is 3. The molecule has 2 saturated carbocycles. The van der Waals surface area contributed by atoms with Gasteiger partial charge in [-0.25, -0.2) is 13.4 Å². The Morgan fingerprint density at radius 2 is 1.86 bits per heavy atom. The number of benzene rings is 1. The van der Waals surface area contributed by atoms with E-state index in [4.69, 9.17) is 4.74 Å². The number of alkyl halides is 3.